The van der Waals surface area contributed by atoms with Crippen LogP contribution >= 0.6 is 0 Å². The summed E-state index contributed by atoms with van der Waals surface area (Å²) >= 11 is 0. The number of benzene rings is 2. The SMILES string of the molecule is CCS(=O)(=O)N1CCC(Cc2ccc3cc(Cc4ccc(C(F)(F)F)cc4)[nH]c3c2)CC1. The standard InChI is InChI=1S/C24H27F3N2O2S/c1-2-32(30,31)29-11-9-18(10-12-29)13-19-3-6-20-16-22(28-23(20)15-19)14-17-4-7-21(8-5-17)24(25,26)27/h3-8,15-16,18,28H,2,9-14H2,1H3. The fraction of sp³-hybridized carbons (Fsp3) is 0.417. The van der Waals surface area contributed by atoms with Crippen LogP contribution in [0.25, 0.3) is 10.9 Å². The third-order valence-electron chi connectivity index (χ3n) is 6.27. The maximum Gasteiger partial charge on any atom is 0.416 e. The first-order valence-corrected chi connectivity index (χ1v) is 12.5. The van der Waals surface area contributed by atoms with Crippen LogP contribution in [0.4, 0.5) is 13.2 Å². The minimum atomic E-state index is -4.32. The third-order valence-corrected chi connectivity index (χ3v) is 8.16. The molecule has 2 aromatic carbocycles. The van der Waals surface area contributed by atoms with Crippen molar-refractivity contribution in [3.05, 3.63) is 70.9 Å². The predicted molar refractivity (Wildman–Crippen MR) is 120 cm³/mol. The van der Waals surface area contributed by atoms with Crippen molar-refractivity contribution in [3.8, 4) is 0 Å². The second kappa shape index (κ2) is 8.90. The van der Waals surface area contributed by atoms with Crippen molar-refractivity contribution in [2.75, 3.05) is 18.8 Å². The number of hydrogen-bond donors (Lipinski definition) is 1. The van der Waals surface area contributed by atoms with Crippen LogP contribution in [0.3, 0.4) is 0 Å². The van der Waals surface area contributed by atoms with Gasteiger partial charge in [0.15, 0.2) is 0 Å². The Kier molecular flexibility index (Phi) is 6.36. The fourth-order valence-corrected chi connectivity index (χ4v) is 5.53. The van der Waals surface area contributed by atoms with Crippen LogP contribution in [0.5, 0.6) is 0 Å². The fourth-order valence-electron chi connectivity index (χ4n) is 4.40. The van der Waals surface area contributed by atoms with Crippen LogP contribution in [-0.4, -0.2) is 36.5 Å². The van der Waals surface area contributed by atoms with E-state index in [0.29, 0.717) is 25.4 Å². The number of nitrogens with one attached hydrogen (secondary N) is 1. The van der Waals surface area contributed by atoms with Gasteiger partial charge in [-0.3, -0.25) is 0 Å². The molecule has 1 saturated heterocycles. The van der Waals surface area contributed by atoms with Crippen molar-refractivity contribution in [1.29, 1.82) is 0 Å². The van der Waals surface area contributed by atoms with E-state index in [-0.39, 0.29) is 5.75 Å². The van der Waals surface area contributed by atoms with Crippen LogP contribution in [0.2, 0.25) is 0 Å². The molecule has 4 nitrogen and oxygen atoms in total. The lowest BCUT2D eigenvalue weighted by Gasteiger charge is -2.31. The highest BCUT2D eigenvalue weighted by molar-refractivity contribution is 7.89. The first-order valence-electron chi connectivity index (χ1n) is 10.9. The molecular weight excluding hydrogens is 437 g/mol. The molecule has 0 spiro atoms. The first-order chi connectivity index (χ1) is 15.1. The molecule has 0 bridgehead atoms. The largest absolute Gasteiger partial charge is 0.416 e. The summed E-state index contributed by atoms with van der Waals surface area (Å²) in [5.41, 5.74) is 3.35. The van der Waals surface area contributed by atoms with Gasteiger partial charge in [-0.1, -0.05) is 24.3 Å². The van der Waals surface area contributed by atoms with E-state index in [1.165, 1.54) is 17.7 Å². The number of H-pyrrole nitrogens is 1. The highest BCUT2D eigenvalue weighted by Crippen LogP contribution is 2.30. The molecule has 0 amide bonds. The van der Waals surface area contributed by atoms with Gasteiger partial charge in [-0.05, 0) is 72.9 Å². The quantitative estimate of drug-likeness (QED) is 0.532. The monoisotopic (exact) mass is 464 g/mol. The van der Waals surface area contributed by atoms with Gasteiger partial charge >= 0.3 is 6.18 Å². The lowest BCUT2D eigenvalue weighted by Crippen LogP contribution is -2.39. The molecule has 3 aromatic rings. The number of alkyl halides is 3. The number of fused-ring (bicyclic) bond motifs is 1. The highest BCUT2D eigenvalue weighted by atomic mass is 32.2. The van der Waals surface area contributed by atoms with Crippen molar-refractivity contribution in [1.82, 2.24) is 9.29 Å². The molecular formula is C24H27F3N2O2S. The molecule has 0 aliphatic carbocycles. The molecule has 0 saturated carbocycles. The van der Waals surface area contributed by atoms with Gasteiger partial charge in [0.2, 0.25) is 10.0 Å². The zero-order chi connectivity index (χ0) is 22.9. The summed E-state index contributed by atoms with van der Waals surface area (Å²) in [4.78, 5) is 3.39. The number of aromatic amines is 1. The Morgan fingerprint density at radius 3 is 2.28 bits per heavy atom. The molecule has 0 radical (unpaired) electrons. The topological polar surface area (TPSA) is 53.2 Å². The maximum atomic E-state index is 12.7. The number of piperidine rings is 1. The summed E-state index contributed by atoms with van der Waals surface area (Å²) in [6.45, 7) is 2.85. The number of halogens is 3. The van der Waals surface area contributed by atoms with Crippen molar-refractivity contribution >= 4 is 20.9 Å². The van der Waals surface area contributed by atoms with E-state index in [9.17, 15) is 21.6 Å². The van der Waals surface area contributed by atoms with Crippen molar-refractivity contribution in [3.63, 3.8) is 0 Å². The summed E-state index contributed by atoms with van der Waals surface area (Å²) in [5, 5.41) is 1.07. The molecule has 0 atom stereocenters. The molecule has 1 fully saturated rings. The molecule has 1 N–H and O–H groups in total. The molecule has 1 aliphatic rings. The second-order valence-corrected chi connectivity index (χ2v) is 10.8. The van der Waals surface area contributed by atoms with Gasteiger partial charge in [-0.15, -0.1) is 0 Å². The third kappa shape index (κ3) is 5.18. The average Bonchev–Trinajstić information content (AvgIpc) is 3.15. The van der Waals surface area contributed by atoms with E-state index < -0.39 is 21.8 Å². The van der Waals surface area contributed by atoms with Gasteiger partial charge in [-0.2, -0.15) is 13.2 Å². The molecule has 8 heteroatoms. The summed E-state index contributed by atoms with van der Waals surface area (Å²) in [6, 6.07) is 13.6. The smallest absolute Gasteiger partial charge is 0.358 e. The Morgan fingerprint density at radius 2 is 1.66 bits per heavy atom. The summed E-state index contributed by atoms with van der Waals surface area (Å²) in [6.07, 6.45) is -1.16. The van der Waals surface area contributed by atoms with Gasteiger partial charge in [0.25, 0.3) is 0 Å². The average molecular weight is 465 g/mol. The summed E-state index contributed by atoms with van der Waals surface area (Å²) in [7, 11) is -3.11. The molecule has 0 unspecified atom stereocenters. The van der Waals surface area contributed by atoms with E-state index >= 15 is 0 Å². The van der Waals surface area contributed by atoms with Crippen LogP contribution in [0.15, 0.2) is 48.5 Å². The molecule has 4 rings (SSSR count). The van der Waals surface area contributed by atoms with E-state index in [2.05, 4.69) is 23.2 Å². The van der Waals surface area contributed by atoms with Gasteiger partial charge in [-0.25, -0.2) is 12.7 Å². The van der Waals surface area contributed by atoms with Gasteiger partial charge in [0.05, 0.1) is 11.3 Å². The van der Waals surface area contributed by atoms with Crippen molar-refractivity contribution in [2.24, 2.45) is 5.92 Å². The van der Waals surface area contributed by atoms with Crippen molar-refractivity contribution in [2.45, 2.75) is 38.8 Å². The van der Waals surface area contributed by atoms with Crippen LogP contribution in [0, 0.1) is 5.92 Å². The van der Waals surface area contributed by atoms with Crippen molar-refractivity contribution < 1.29 is 21.6 Å². The zero-order valence-electron chi connectivity index (χ0n) is 18.0. The lowest BCUT2D eigenvalue weighted by molar-refractivity contribution is -0.137. The van der Waals surface area contributed by atoms with Crippen LogP contribution < -0.4 is 0 Å². The Hall–Kier alpha value is -2.32. The predicted octanol–water partition coefficient (Wildman–Crippen LogP) is 5.38. The number of sulfonamides is 1. The molecule has 172 valence electrons. The molecule has 2 heterocycles. The van der Waals surface area contributed by atoms with E-state index in [0.717, 1.165) is 53.6 Å². The Balaban J connectivity index is 1.40. The maximum absolute atomic E-state index is 12.7. The van der Waals surface area contributed by atoms with E-state index in [4.69, 9.17) is 0 Å². The van der Waals surface area contributed by atoms with Gasteiger partial charge < -0.3 is 4.98 Å². The highest BCUT2D eigenvalue weighted by Gasteiger charge is 2.30. The molecule has 32 heavy (non-hydrogen) atoms. The Bertz CT molecular complexity index is 1180. The molecule has 1 aromatic heterocycles. The minimum Gasteiger partial charge on any atom is -0.358 e. The van der Waals surface area contributed by atoms with E-state index in [1.807, 2.05) is 6.07 Å². The Labute approximate surface area is 186 Å². The second-order valence-electron chi connectivity index (χ2n) is 8.53. The summed E-state index contributed by atoms with van der Waals surface area (Å²) < 4.78 is 63.9. The number of nitrogens with zero attached hydrogens (tertiary/aromatic N) is 1. The summed E-state index contributed by atoms with van der Waals surface area (Å²) in [5.74, 6) is 0.605. The first kappa shape index (κ1) is 22.9. The molecule has 1 aliphatic heterocycles. The normalized spacial score (nSPS) is 16.6. The van der Waals surface area contributed by atoms with E-state index in [1.54, 1.807) is 11.2 Å². The number of aromatic nitrogens is 1. The minimum absolute atomic E-state index is 0.149. The number of hydrogen-bond acceptors (Lipinski definition) is 2. The van der Waals surface area contributed by atoms with Crippen LogP contribution in [0.1, 0.15) is 42.1 Å². The lowest BCUT2D eigenvalue weighted by atomic mass is 9.91. The van der Waals surface area contributed by atoms with Crippen LogP contribution in [-0.2, 0) is 29.0 Å². The number of rotatable bonds is 6. The van der Waals surface area contributed by atoms with Gasteiger partial charge in [0.1, 0.15) is 0 Å². The van der Waals surface area contributed by atoms with Gasteiger partial charge in [0, 0.05) is 30.7 Å². The zero-order valence-corrected chi connectivity index (χ0v) is 18.8. The Morgan fingerprint density at radius 1 is 1.00 bits per heavy atom.